The maximum atomic E-state index is 12.2. The number of nitrogens with zero attached hydrogens (tertiary/aromatic N) is 2. The number of carbonyl (C=O) groups excluding carboxylic acids is 1. The zero-order chi connectivity index (χ0) is 13.4. The number of fused-ring (bicyclic) bond motifs is 2. The Kier molecular flexibility index (Phi) is 3.31. The van der Waals surface area contributed by atoms with Crippen LogP contribution in [0, 0.1) is 17.8 Å². The molecule has 0 aliphatic heterocycles. The molecule has 3 rings (SSSR count). The summed E-state index contributed by atoms with van der Waals surface area (Å²) in [6.07, 6.45) is 8.01. The van der Waals surface area contributed by atoms with Gasteiger partial charge in [-0.2, -0.15) is 0 Å². The van der Waals surface area contributed by atoms with Gasteiger partial charge in [-0.15, -0.1) is 0 Å². The lowest BCUT2D eigenvalue weighted by atomic mass is 9.84. The van der Waals surface area contributed by atoms with E-state index in [9.17, 15) is 4.79 Å². The largest absolute Gasteiger partial charge is 0.355 e. The second-order valence-corrected chi connectivity index (χ2v) is 5.93. The van der Waals surface area contributed by atoms with E-state index in [1.54, 1.807) is 6.20 Å². The fourth-order valence-corrected chi connectivity index (χ4v) is 3.78. The zero-order valence-corrected chi connectivity index (χ0v) is 11.4. The van der Waals surface area contributed by atoms with Crippen LogP contribution < -0.4 is 11.1 Å². The molecule has 2 saturated carbocycles. The van der Waals surface area contributed by atoms with Gasteiger partial charge in [-0.05, 0) is 31.1 Å². The van der Waals surface area contributed by atoms with Crippen molar-refractivity contribution in [1.29, 1.82) is 0 Å². The van der Waals surface area contributed by atoms with E-state index < -0.39 is 0 Å². The minimum Gasteiger partial charge on any atom is -0.355 e. The minimum absolute atomic E-state index is 0.0418. The number of aryl methyl sites for hydroxylation is 1. The quantitative estimate of drug-likeness (QED) is 0.827. The molecular weight excluding hydrogens is 240 g/mol. The van der Waals surface area contributed by atoms with E-state index in [2.05, 4.69) is 10.3 Å². The third kappa shape index (κ3) is 2.27. The first-order valence-corrected chi connectivity index (χ1v) is 7.16. The summed E-state index contributed by atoms with van der Waals surface area (Å²) in [4.78, 5) is 16.5. The molecule has 1 aromatic heterocycles. The minimum atomic E-state index is 0.0418. The van der Waals surface area contributed by atoms with Gasteiger partial charge in [0.1, 0.15) is 5.82 Å². The van der Waals surface area contributed by atoms with Crippen LogP contribution in [-0.4, -0.2) is 28.0 Å². The summed E-state index contributed by atoms with van der Waals surface area (Å²) in [5.74, 6) is 2.29. The van der Waals surface area contributed by atoms with Crippen molar-refractivity contribution in [2.24, 2.45) is 30.5 Å². The Morgan fingerprint density at radius 2 is 2.32 bits per heavy atom. The van der Waals surface area contributed by atoms with Crippen molar-refractivity contribution >= 4 is 5.91 Å². The lowest BCUT2D eigenvalue weighted by Crippen LogP contribution is -2.45. The highest BCUT2D eigenvalue weighted by molar-refractivity contribution is 5.80. The SMILES string of the molecule is Cn1ccnc1CCNC(=O)C1C2CCC(C2)C1N. The number of imidazole rings is 1. The molecule has 5 heteroatoms. The van der Waals surface area contributed by atoms with E-state index >= 15 is 0 Å². The molecular formula is C14H22N4O. The van der Waals surface area contributed by atoms with Gasteiger partial charge >= 0.3 is 0 Å². The molecule has 4 atom stereocenters. The topological polar surface area (TPSA) is 72.9 Å². The standard InChI is InChI=1S/C14H22N4O/c1-18-7-6-16-11(18)4-5-17-14(19)12-9-2-3-10(8-9)13(12)15/h6-7,9-10,12-13H,2-5,8,15H2,1H3,(H,17,19). The van der Waals surface area contributed by atoms with Crippen molar-refractivity contribution in [3.63, 3.8) is 0 Å². The van der Waals surface area contributed by atoms with E-state index in [1.807, 2.05) is 17.8 Å². The Bertz CT molecular complexity index is 468. The summed E-state index contributed by atoms with van der Waals surface area (Å²) in [5.41, 5.74) is 6.18. The van der Waals surface area contributed by atoms with Gasteiger partial charge in [-0.1, -0.05) is 0 Å². The Labute approximate surface area is 113 Å². The van der Waals surface area contributed by atoms with Gasteiger partial charge in [0.15, 0.2) is 0 Å². The molecule has 5 nitrogen and oxygen atoms in total. The molecule has 1 amide bonds. The first kappa shape index (κ1) is 12.7. The van der Waals surface area contributed by atoms with Gasteiger partial charge in [-0.25, -0.2) is 4.98 Å². The molecule has 0 spiro atoms. The molecule has 2 aliphatic carbocycles. The smallest absolute Gasteiger partial charge is 0.224 e. The molecule has 2 aliphatic rings. The van der Waals surface area contributed by atoms with Crippen LogP contribution in [0.1, 0.15) is 25.1 Å². The Balaban J connectivity index is 1.51. The predicted octanol–water partition coefficient (Wildman–Crippen LogP) is 0.452. The van der Waals surface area contributed by atoms with Gasteiger partial charge in [0.05, 0.1) is 5.92 Å². The van der Waals surface area contributed by atoms with E-state index in [4.69, 9.17) is 5.73 Å². The van der Waals surface area contributed by atoms with Gasteiger partial charge in [0.25, 0.3) is 0 Å². The molecule has 1 aromatic rings. The number of nitrogens with one attached hydrogen (secondary N) is 1. The Morgan fingerprint density at radius 1 is 1.53 bits per heavy atom. The molecule has 0 radical (unpaired) electrons. The van der Waals surface area contributed by atoms with Crippen molar-refractivity contribution in [2.75, 3.05) is 6.54 Å². The third-order valence-electron chi connectivity index (χ3n) is 4.85. The molecule has 0 saturated heterocycles. The summed E-state index contributed by atoms with van der Waals surface area (Å²) < 4.78 is 1.98. The molecule has 104 valence electrons. The summed E-state index contributed by atoms with van der Waals surface area (Å²) >= 11 is 0. The normalized spacial score (nSPS) is 32.7. The van der Waals surface area contributed by atoms with E-state index in [0.717, 1.165) is 18.7 Å². The maximum Gasteiger partial charge on any atom is 0.224 e. The van der Waals surface area contributed by atoms with Crippen LogP contribution in [0.15, 0.2) is 12.4 Å². The second-order valence-electron chi connectivity index (χ2n) is 5.93. The highest BCUT2D eigenvalue weighted by Crippen LogP contribution is 2.47. The van der Waals surface area contributed by atoms with Crippen LogP contribution in [-0.2, 0) is 18.3 Å². The van der Waals surface area contributed by atoms with Crippen LogP contribution in [0.3, 0.4) is 0 Å². The second kappa shape index (κ2) is 4.96. The number of aromatic nitrogens is 2. The monoisotopic (exact) mass is 262 g/mol. The van der Waals surface area contributed by atoms with Crippen molar-refractivity contribution in [2.45, 2.75) is 31.7 Å². The van der Waals surface area contributed by atoms with Crippen molar-refractivity contribution in [1.82, 2.24) is 14.9 Å². The van der Waals surface area contributed by atoms with Crippen LogP contribution in [0.25, 0.3) is 0 Å². The number of hydrogen-bond donors (Lipinski definition) is 2. The highest BCUT2D eigenvalue weighted by Gasteiger charge is 2.48. The van der Waals surface area contributed by atoms with E-state index in [-0.39, 0.29) is 17.9 Å². The lowest BCUT2D eigenvalue weighted by Gasteiger charge is -2.26. The number of rotatable bonds is 4. The van der Waals surface area contributed by atoms with Crippen LogP contribution in [0.5, 0.6) is 0 Å². The summed E-state index contributed by atoms with van der Waals surface area (Å²) in [6.45, 7) is 0.643. The van der Waals surface area contributed by atoms with Gasteiger partial charge < -0.3 is 15.6 Å². The highest BCUT2D eigenvalue weighted by atomic mass is 16.1. The van der Waals surface area contributed by atoms with Crippen LogP contribution >= 0.6 is 0 Å². The van der Waals surface area contributed by atoms with Crippen molar-refractivity contribution in [3.8, 4) is 0 Å². The van der Waals surface area contributed by atoms with Gasteiger partial charge in [-0.3, -0.25) is 4.79 Å². The summed E-state index contributed by atoms with van der Waals surface area (Å²) in [6, 6.07) is 0.0758. The molecule has 2 bridgehead atoms. The summed E-state index contributed by atoms with van der Waals surface area (Å²) in [5, 5.41) is 3.03. The number of amides is 1. The van der Waals surface area contributed by atoms with E-state index in [1.165, 1.54) is 12.8 Å². The first-order chi connectivity index (χ1) is 9.16. The van der Waals surface area contributed by atoms with Crippen LogP contribution in [0.4, 0.5) is 0 Å². The van der Waals surface area contributed by atoms with Gasteiger partial charge in [0.2, 0.25) is 5.91 Å². The Morgan fingerprint density at radius 3 is 2.95 bits per heavy atom. The molecule has 0 aromatic carbocycles. The average molecular weight is 262 g/mol. The van der Waals surface area contributed by atoms with Crippen LogP contribution in [0.2, 0.25) is 0 Å². The molecule has 4 unspecified atom stereocenters. The Hall–Kier alpha value is -1.36. The summed E-state index contributed by atoms with van der Waals surface area (Å²) in [7, 11) is 1.97. The van der Waals surface area contributed by atoms with E-state index in [0.29, 0.717) is 18.4 Å². The number of hydrogen-bond acceptors (Lipinski definition) is 3. The lowest BCUT2D eigenvalue weighted by molar-refractivity contribution is -0.127. The molecule has 2 fully saturated rings. The third-order valence-corrected chi connectivity index (χ3v) is 4.85. The predicted molar refractivity (Wildman–Crippen MR) is 72.2 cm³/mol. The number of nitrogens with two attached hydrogens (primary N) is 1. The zero-order valence-electron chi connectivity index (χ0n) is 11.4. The fourth-order valence-electron chi connectivity index (χ4n) is 3.78. The number of carbonyl (C=O) groups is 1. The average Bonchev–Trinajstić information content (AvgIpc) is 3.06. The first-order valence-electron chi connectivity index (χ1n) is 7.16. The van der Waals surface area contributed by atoms with Gasteiger partial charge in [0, 0.05) is 38.4 Å². The fraction of sp³-hybridized carbons (Fsp3) is 0.714. The molecule has 1 heterocycles. The van der Waals surface area contributed by atoms with Crippen molar-refractivity contribution < 1.29 is 4.79 Å². The molecule has 19 heavy (non-hydrogen) atoms. The maximum absolute atomic E-state index is 12.2. The molecule has 3 N–H and O–H groups in total. The van der Waals surface area contributed by atoms with Crippen molar-refractivity contribution in [3.05, 3.63) is 18.2 Å².